The summed E-state index contributed by atoms with van der Waals surface area (Å²) in [4.78, 5) is 52.1. The van der Waals surface area contributed by atoms with E-state index in [0.29, 0.717) is 12.8 Å². The normalized spacial score (nSPS) is 42.4. The Balaban J connectivity index is 1.75. The molecule has 0 aromatic carbocycles. The van der Waals surface area contributed by atoms with Gasteiger partial charge in [-0.05, 0) is 68.4 Å². The zero-order valence-corrected chi connectivity index (χ0v) is 25.3. The molecule has 8 heteroatoms. The van der Waals surface area contributed by atoms with Crippen molar-refractivity contribution in [3.8, 4) is 0 Å². The summed E-state index contributed by atoms with van der Waals surface area (Å²) in [6, 6.07) is 0. The lowest BCUT2D eigenvalue weighted by Gasteiger charge is -2.64. The Hall–Kier alpha value is -2.16. The Labute approximate surface area is 237 Å². The third-order valence-electron chi connectivity index (χ3n) is 11.6. The molecule has 222 valence electrons. The molecule has 0 heterocycles. The van der Waals surface area contributed by atoms with Crippen molar-refractivity contribution in [2.24, 2.45) is 39.4 Å². The first-order chi connectivity index (χ1) is 18.1. The highest BCUT2D eigenvalue weighted by atomic mass is 16.6. The molecule has 3 N–H and O–H groups in total. The van der Waals surface area contributed by atoms with Crippen molar-refractivity contribution in [2.75, 3.05) is 0 Å². The van der Waals surface area contributed by atoms with Gasteiger partial charge in [-0.1, -0.05) is 46.3 Å². The number of aliphatic hydroxyl groups excluding tert-OH is 2. The lowest BCUT2D eigenvalue weighted by molar-refractivity contribution is -0.183. The lowest BCUT2D eigenvalue weighted by Crippen LogP contribution is -2.65. The molecule has 4 rings (SSSR count). The number of hydrogen-bond acceptors (Lipinski definition) is 8. The van der Waals surface area contributed by atoms with Crippen molar-refractivity contribution in [3.05, 3.63) is 23.8 Å². The Morgan fingerprint density at radius 1 is 1.05 bits per heavy atom. The van der Waals surface area contributed by atoms with Gasteiger partial charge in [0.05, 0.1) is 6.10 Å². The van der Waals surface area contributed by atoms with Crippen LogP contribution in [0.4, 0.5) is 0 Å². The zero-order chi connectivity index (χ0) is 30.4. The highest BCUT2D eigenvalue weighted by Gasteiger charge is 2.74. The van der Waals surface area contributed by atoms with E-state index in [1.54, 1.807) is 13.8 Å². The van der Waals surface area contributed by atoms with E-state index < -0.39 is 62.7 Å². The fourth-order valence-electron chi connectivity index (χ4n) is 9.35. The average molecular weight is 559 g/mol. The van der Waals surface area contributed by atoms with Gasteiger partial charge in [-0.3, -0.25) is 19.2 Å². The Morgan fingerprint density at radius 3 is 2.23 bits per heavy atom. The maximum atomic E-state index is 14.3. The lowest BCUT2D eigenvalue weighted by atomic mass is 9.38. The van der Waals surface area contributed by atoms with E-state index in [-0.39, 0.29) is 36.2 Å². The third-order valence-corrected chi connectivity index (χ3v) is 11.6. The number of allylic oxidation sites excluding steroid dienone is 1. The molecule has 4 aliphatic rings. The quantitative estimate of drug-likeness (QED) is 0.265. The maximum Gasteiger partial charge on any atom is 0.303 e. The number of carbonyl (C=O) groups is 4. The van der Waals surface area contributed by atoms with Crippen LogP contribution in [-0.4, -0.2) is 62.0 Å². The maximum absolute atomic E-state index is 14.3. The van der Waals surface area contributed by atoms with Crippen molar-refractivity contribution in [3.63, 3.8) is 0 Å². The minimum Gasteiger partial charge on any atom is -0.456 e. The standard InChI is InChI=1S/C32H46O8/c1-17(33)40-27(2,3)13-12-23(36)32(9,39)25-21(35)15-29(6)22-11-10-18-19(14-20(34)26(38)28(18,4)5)31(22,8)24(37)16-30(25,29)7/h10,12-13,19,21-22,25-26,35,38-39H,11,14-16H2,1-9H3/b13-12+/t19-,21-,22+,25+,26-,29+,30-,31+,32-/m1/s1. The Kier molecular flexibility index (Phi) is 7.06. The van der Waals surface area contributed by atoms with Crippen molar-refractivity contribution in [2.45, 2.75) is 111 Å². The minimum atomic E-state index is -1.99. The molecule has 4 aliphatic carbocycles. The molecule has 0 aromatic rings. The van der Waals surface area contributed by atoms with Crippen LogP contribution in [0.15, 0.2) is 23.8 Å². The number of ether oxygens (including phenoxy) is 1. The van der Waals surface area contributed by atoms with Gasteiger partial charge in [0.15, 0.2) is 11.6 Å². The highest BCUT2D eigenvalue weighted by molar-refractivity contribution is 5.97. The first-order valence-electron chi connectivity index (χ1n) is 14.4. The van der Waals surface area contributed by atoms with Crippen LogP contribution >= 0.6 is 0 Å². The SMILES string of the molecule is CC(=O)OC(C)(C)/C=C/C(=O)[C@@](C)(O)[C@H]1[C@H](O)C[C@@]2(C)[C@@H]3CC=C4[C@@H](CC(=O)[C@@H](O)C4(C)C)[C@]3(C)C(=O)C[C@]12C. The summed E-state index contributed by atoms with van der Waals surface area (Å²) >= 11 is 0. The summed E-state index contributed by atoms with van der Waals surface area (Å²) in [5.41, 5.74) is -5.33. The van der Waals surface area contributed by atoms with Gasteiger partial charge in [0.1, 0.15) is 23.1 Å². The molecule has 0 bridgehead atoms. The second-order valence-corrected chi connectivity index (χ2v) is 14.8. The Morgan fingerprint density at radius 2 is 1.65 bits per heavy atom. The topological polar surface area (TPSA) is 138 Å². The van der Waals surface area contributed by atoms with Gasteiger partial charge in [0, 0.05) is 36.5 Å². The van der Waals surface area contributed by atoms with Gasteiger partial charge in [0.2, 0.25) is 0 Å². The number of Topliss-reactive ketones (excluding diaryl/α,β-unsaturated/α-hetero) is 2. The molecule has 8 nitrogen and oxygen atoms in total. The number of carbonyl (C=O) groups excluding carboxylic acids is 4. The molecule has 3 saturated carbocycles. The molecule has 3 fully saturated rings. The van der Waals surface area contributed by atoms with Crippen LogP contribution in [0.3, 0.4) is 0 Å². The molecule has 0 aliphatic heterocycles. The predicted molar refractivity (Wildman–Crippen MR) is 148 cm³/mol. The van der Waals surface area contributed by atoms with Crippen molar-refractivity contribution >= 4 is 23.3 Å². The second kappa shape index (κ2) is 9.17. The summed E-state index contributed by atoms with van der Waals surface area (Å²) in [6.45, 7) is 15.5. The number of rotatable bonds is 5. The average Bonchev–Trinajstić information content (AvgIpc) is 3.01. The first kappa shape index (κ1) is 30.8. The van der Waals surface area contributed by atoms with E-state index in [0.717, 1.165) is 5.57 Å². The summed E-state index contributed by atoms with van der Waals surface area (Å²) in [5, 5.41) is 33.9. The van der Waals surface area contributed by atoms with E-state index in [2.05, 4.69) is 13.0 Å². The van der Waals surface area contributed by atoms with E-state index in [9.17, 15) is 34.5 Å². The molecule has 9 atom stereocenters. The molecule has 0 radical (unpaired) electrons. The zero-order valence-electron chi connectivity index (χ0n) is 25.3. The largest absolute Gasteiger partial charge is 0.456 e. The molecule has 0 spiro atoms. The Bertz CT molecular complexity index is 1210. The molecular formula is C32H46O8. The van der Waals surface area contributed by atoms with Crippen molar-refractivity contribution in [1.29, 1.82) is 0 Å². The van der Waals surface area contributed by atoms with Crippen molar-refractivity contribution in [1.82, 2.24) is 0 Å². The second-order valence-electron chi connectivity index (χ2n) is 14.8. The van der Waals surface area contributed by atoms with Crippen LogP contribution < -0.4 is 0 Å². The molecule has 0 aromatic heterocycles. The fourth-order valence-corrected chi connectivity index (χ4v) is 9.35. The fraction of sp³-hybridized carbons (Fsp3) is 0.750. The van der Waals surface area contributed by atoms with E-state index >= 15 is 0 Å². The number of fused-ring (bicyclic) bond motifs is 5. The monoisotopic (exact) mass is 558 g/mol. The van der Waals surface area contributed by atoms with Crippen LogP contribution in [0.5, 0.6) is 0 Å². The molecule has 0 amide bonds. The number of ketones is 3. The van der Waals surface area contributed by atoms with E-state index in [1.165, 1.54) is 26.0 Å². The van der Waals surface area contributed by atoms with Crippen LogP contribution in [0.2, 0.25) is 0 Å². The minimum absolute atomic E-state index is 0.0399. The molecule has 0 unspecified atom stereocenters. The van der Waals surface area contributed by atoms with Gasteiger partial charge in [-0.15, -0.1) is 0 Å². The molecule has 0 saturated heterocycles. The number of hydrogen-bond donors (Lipinski definition) is 3. The summed E-state index contributed by atoms with van der Waals surface area (Å²) < 4.78 is 5.23. The van der Waals surface area contributed by atoms with Gasteiger partial charge >= 0.3 is 5.97 Å². The summed E-state index contributed by atoms with van der Waals surface area (Å²) in [7, 11) is 0. The number of esters is 1. The molecule has 40 heavy (non-hydrogen) atoms. The van der Waals surface area contributed by atoms with Crippen LogP contribution in [0.25, 0.3) is 0 Å². The van der Waals surface area contributed by atoms with Crippen molar-refractivity contribution < 1.29 is 39.2 Å². The van der Waals surface area contributed by atoms with Crippen LogP contribution in [-0.2, 0) is 23.9 Å². The van der Waals surface area contributed by atoms with Crippen LogP contribution in [0, 0.1) is 39.4 Å². The van der Waals surface area contributed by atoms with Gasteiger partial charge < -0.3 is 20.1 Å². The summed E-state index contributed by atoms with van der Waals surface area (Å²) in [5.74, 6) is -2.96. The smallest absolute Gasteiger partial charge is 0.303 e. The summed E-state index contributed by atoms with van der Waals surface area (Å²) in [6.07, 6.45) is 3.50. The van der Waals surface area contributed by atoms with Gasteiger partial charge in [-0.2, -0.15) is 0 Å². The van der Waals surface area contributed by atoms with Gasteiger partial charge in [-0.25, -0.2) is 0 Å². The highest BCUT2D eigenvalue weighted by Crippen LogP contribution is 2.74. The van der Waals surface area contributed by atoms with Gasteiger partial charge in [0.25, 0.3) is 0 Å². The van der Waals surface area contributed by atoms with Crippen LogP contribution in [0.1, 0.15) is 88.0 Å². The molecular weight excluding hydrogens is 512 g/mol. The van der Waals surface area contributed by atoms with E-state index in [4.69, 9.17) is 4.74 Å². The first-order valence-corrected chi connectivity index (χ1v) is 14.4. The third kappa shape index (κ3) is 4.11. The number of aliphatic hydroxyl groups is 3. The van der Waals surface area contributed by atoms with E-state index in [1.807, 2.05) is 27.7 Å². The predicted octanol–water partition coefficient (Wildman–Crippen LogP) is 3.50.